The van der Waals surface area contributed by atoms with E-state index in [-0.39, 0.29) is 6.61 Å². The van der Waals surface area contributed by atoms with Gasteiger partial charge in [-0.15, -0.1) is 0 Å². The Morgan fingerprint density at radius 2 is 1.47 bits per heavy atom. The van der Waals surface area contributed by atoms with Crippen LogP contribution in [0.4, 0.5) is 30.7 Å². The Morgan fingerprint density at radius 1 is 1.07 bits per heavy atom. The van der Waals surface area contributed by atoms with Crippen molar-refractivity contribution < 1.29 is 35.5 Å². The van der Waals surface area contributed by atoms with Gasteiger partial charge in [0.15, 0.2) is 0 Å². The molecule has 0 spiro atoms. The van der Waals surface area contributed by atoms with E-state index in [1.807, 2.05) is 0 Å². The zero-order chi connectivity index (χ0) is 12.1. The smallest absolute Gasteiger partial charge is 0.370 e. The molecule has 0 aliphatic carbocycles. The fourth-order valence-electron chi connectivity index (χ4n) is 1.01. The first-order chi connectivity index (χ1) is 6.41. The van der Waals surface area contributed by atoms with Crippen molar-refractivity contribution in [2.75, 3.05) is 6.61 Å². The third-order valence-electron chi connectivity index (χ3n) is 2.05. The average Bonchev–Trinajstić information content (AvgIpc) is 2.63. The second-order valence-corrected chi connectivity index (χ2v) is 3.69. The van der Waals surface area contributed by atoms with Gasteiger partial charge in [0.25, 0.3) is 0 Å². The van der Waals surface area contributed by atoms with Crippen LogP contribution >= 0.6 is 0 Å². The van der Waals surface area contributed by atoms with Crippen molar-refractivity contribution in [3.63, 3.8) is 0 Å². The van der Waals surface area contributed by atoms with Gasteiger partial charge in [0.2, 0.25) is 0 Å². The molecule has 1 atom stereocenters. The molecule has 0 radical (unpaired) electrons. The molecule has 1 aliphatic heterocycles. The van der Waals surface area contributed by atoms with E-state index in [9.17, 15) is 30.7 Å². The molecule has 1 rings (SSSR count). The van der Waals surface area contributed by atoms with Gasteiger partial charge in [-0.25, -0.2) is 0 Å². The van der Waals surface area contributed by atoms with Crippen molar-refractivity contribution in [3.05, 3.63) is 0 Å². The molecule has 1 heterocycles. The van der Waals surface area contributed by atoms with Crippen LogP contribution < -0.4 is 0 Å². The van der Waals surface area contributed by atoms with E-state index in [0.717, 1.165) is 6.92 Å². The monoisotopic (exact) mass is 240 g/mol. The molecule has 0 aromatic carbocycles. The molecule has 90 valence electrons. The van der Waals surface area contributed by atoms with Crippen LogP contribution in [0.15, 0.2) is 0 Å². The Kier molecular flexibility index (Phi) is 2.50. The lowest BCUT2D eigenvalue weighted by Crippen LogP contribution is -2.53. The summed E-state index contributed by atoms with van der Waals surface area (Å²) >= 11 is 0. The lowest BCUT2D eigenvalue weighted by Gasteiger charge is -2.29. The van der Waals surface area contributed by atoms with E-state index < -0.39 is 30.0 Å². The fourth-order valence-corrected chi connectivity index (χ4v) is 1.01. The van der Waals surface area contributed by atoms with Gasteiger partial charge in [0, 0.05) is 6.42 Å². The van der Waals surface area contributed by atoms with E-state index in [0.29, 0.717) is 0 Å². The van der Waals surface area contributed by atoms with Crippen molar-refractivity contribution in [3.8, 4) is 0 Å². The van der Waals surface area contributed by atoms with E-state index in [4.69, 9.17) is 0 Å². The minimum Gasteiger partial charge on any atom is -0.370 e. The molecule has 1 aliphatic rings. The van der Waals surface area contributed by atoms with Crippen LogP contribution in [0, 0.1) is 0 Å². The Labute approximate surface area is 80.2 Å². The van der Waals surface area contributed by atoms with Crippen LogP contribution in [0.1, 0.15) is 13.3 Å². The van der Waals surface area contributed by atoms with Crippen molar-refractivity contribution in [1.82, 2.24) is 0 Å². The molecular formula is C7H7F7O. The van der Waals surface area contributed by atoms with E-state index in [2.05, 4.69) is 4.74 Å². The minimum absolute atomic E-state index is 0.240. The van der Waals surface area contributed by atoms with Crippen molar-refractivity contribution in [2.45, 2.75) is 37.0 Å². The van der Waals surface area contributed by atoms with Crippen LogP contribution in [-0.2, 0) is 4.74 Å². The zero-order valence-corrected chi connectivity index (χ0v) is 7.47. The van der Waals surface area contributed by atoms with E-state index in [1.54, 1.807) is 0 Å². The average molecular weight is 240 g/mol. The van der Waals surface area contributed by atoms with Crippen molar-refractivity contribution in [2.24, 2.45) is 0 Å². The van der Waals surface area contributed by atoms with Gasteiger partial charge in [0.05, 0.1) is 12.2 Å². The zero-order valence-electron chi connectivity index (χ0n) is 7.47. The predicted octanol–water partition coefficient (Wildman–Crippen LogP) is 3.00. The molecule has 0 N–H and O–H groups in total. The molecular weight excluding hydrogens is 233 g/mol. The maximum Gasteiger partial charge on any atom is 0.459 e. The van der Waals surface area contributed by atoms with Gasteiger partial charge in [-0.3, -0.25) is 0 Å². The summed E-state index contributed by atoms with van der Waals surface area (Å²) in [5.74, 6) is -11.2. The maximum atomic E-state index is 12.7. The van der Waals surface area contributed by atoms with Crippen molar-refractivity contribution >= 4 is 0 Å². The Hall–Kier alpha value is -0.530. The van der Waals surface area contributed by atoms with Gasteiger partial charge in [-0.2, -0.15) is 30.7 Å². The number of hydrogen-bond donors (Lipinski definition) is 0. The number of halogens is 7. The maximum absolute atomic E-state index is 12.7. The fraction of sp³-hybridized carbons (Fsp3) is 1.00. The topological polar surface area (TPSA) is 12.5 Å². The highest BCUT2D eigenvalue weighted by atomic mass is 19.4. The summed E-state index contributed by atoms with van der Waals surface area (Å²) in [6.07, 6.45) is -7.91. The van der Waals surface area contributed by atoms with E-state index >= 15 is 0 Å². The summed E-state index contributed by atoms with van der Waals surface area (Å²) in [6.45, 7) is 0.809. The van der Waals surface area contributed by atoms with Crippen LogP contribution in [0.5, 0.6) is 0 Å². The highest BCUT2D eigenvalue weighted by Crippen LogP contribution is 2.51. The summed E-state index contributed by atoms with van der Waals surface area (Å²) in [7, 11) is 0. The molecule has 1 nitrogen and oxygen atoms in total. The summed E-state index contributed by atoms with van der Waals surface area (Å²) < 4.78 is 89.4. The first-order valence-electron chi connectivity index (χ1n) is 3.88. The number of rotatable bonds is 3. The lowest BCUT2D eigenvalue weighted by molar-refractivity contribution is -0.357. The van der Waals surface area contributed by atoms with Gasteiger partial charge < -0.3 is 4.74 Å². The Balaban J connectivity index is 2.84. The largest absolute Gasteiger partial charge is 0.459 e. The first kappa shape index (κ1) is 12.5. The number of alkyl halides is 7. The molecule has 8 heteroatoms. The van der Waals surface area contributed by atoms with Gasteiger partial charge in [-0.1, -0.05) is 0 Å². The third-order valence-corrected chi connectivity index (χ3v) is 2.05. The highest BCUT2D eigenvalue weighted by molar-refractivity contribution is 5.00. The summed E-state index contributed by atoms with van der Waals surface area (Å²) in [6, 6.07) is 0. The molecule has 1 fully saturated rings. The number of ether oxygens (including phenoxy) is 1. The van der Waals surface area contributed by atoms with Crippen LogP contribution in [0.2, 0.25) is 0 Å². The summed E-state index contributed by atoms with van der Waals surface area (Å²) in [4.78, 5) is 0. The Morgan fingerprint density at radius 3 is 1.73 bits per heavy atom. The lowest BCUT2D eigenvalue weighted by atomic mass is 9.99. The molecule has 0 bridgehead atoms. The van der Waals surface area contributed by atoms with Gasteiger partial charge in [-0.05, 0) is 6.92 Å². The Bertz CT molecular complexity index is 253. The molecule has 15 heavy (non-hydrogen) atoms. The van der Waals surface area contributed by atoms with Crippen LogP contribution in [0.25, 0.3) is 0 Å². The standard InChI is InChI=1S/C7H7F7O/c1-4(3-15-4)2-5(8,9)6(10,11)7(12,13)14/h2-3H2,1H3. The minimum atomic E-state index is -6.26. The second-order valence-electron chi connectivity index (χ2n) is 3.69. The molecule has 0 amide bonds. The molecule has 0 aromatic rings. The number of epoxide rings is 1. The van der Waals surface area contributed by atoms with Gasteiger partial charge >= 0.3 is 18.0 Å². The van der Waals surface area contributed by atoms with Crippen molar-refractivity contribution in [1.29, 1.82) is 0 Å². The van der Waals surface area contributed by atoms with Crippen LogP contribution in [0.3, 0.4) is 0 Å². The second kappa shape index (κ2) is 2.99. The van der Waals surface area contributed by atoms with E-state index in [1.165, 1.54) is 0 Å². The highest BCUT2D eigenvalue weighted by Gasteiger charge is 2.74. The quantitative estimate of drug-likeness (QED) is 0.545. The number of hydrogen-bond acceptors (Lipinski definition) is 1. The molecule has 1 unspecified atom stereocenters. The molecule has 1 saturated heterocycles. The first-order valence-corrected chi connectivity index (χ1v) is 3.88. The summed E-state index contributed by atoms with van der Waals surface area (Å²) in [5.41, 5.74) is -1.57. The third kappa shape index (κ3) is 2.19. The van der Waals surface area contributed by atoms with Crippen LogP contribution in [-0.4, -0.2) is 30.2 Å². The normalized spacial score (nSPS) is 28.0. The SMILES string of the molecule is CC1(CC(F)(F)C(F)(F)C(F)(F)F)CO1. The molecule has 0 saturated carbocycles. The van der Waals surface area contributed by atoms with Gasteiger partial charge in [0.1, 0.15) is 0 Å². The molecule has 0 aromatic heterocycles. The summed E-state index contributed by atoms with van der Waals surface area (Å²) in [5, 5.41) is 0. The predicted molar refractivity (Wildman–Crippen MR) is 34.9 cm³/mol.